The monoisotopic (exact) mass is 545 g/mol. The first kappa shape index (κ1) is 26.4. The van der Waals surface area contributed by atoms with Gasteiger partial charge >= 0.3 is 0 Å². The molecule has 1 heterocycles. The number of benzene rings is 4. The van der Waals surface area contributed by atoms with Crippen molar-refractivity contribution in [2.75, 3.05) is 0 Å². The molecule has 1 aliphatic carbocycles. The summed E-state index contributed by atoms with van der Waals surface area (Å²) in [5, 5.41) is 1.67. The van der Waals surface area contributed by atoms with Crippen molar-refractivity contribution in [1.29, 1.82) is 0 Å². The number of pyridine rings is 1. The Balaban J connectivity index is 1.68. The van der Waals surface area contributed by atoms with Gasteiger partial charge in [-0.3, -0.25) is 4.98 Å². The molecule has 4 aromatic carbocycles. The fourth-order valence-corrected chi connectivity index (χ4v) is 8.81. The Morgan fingerprint density at radius 3 is 2.00 bits per heavy atom. The Morgan fingerprint density at radius 2 is 1.38 bits per heavy atom. The van der Waals surface area contributed by atoms with Crippen LogP contribution in [0.4, 0.5) is 4.39 Å². The summed E-state index contributed by atoms with van der Waals surface area (Å²) in [5.74, 6) is -0.158. The minimum Gasteiger partial charge on any atom is -0.313 e. The van der Waals surface area contributed by atoms with E-state index in [0.717, 1.165) is 57.9 Å². The SMILES string of the molecule is CC(C)c1nc2c(c(-c3ccc(F)cc3)c1CP(=O)(c1ccccc1)c1ccccc1)CCCc1ccccc1-2. The van der Waals surface area contributed by atoms with Gasteiger partial charge in [0.1, 0.15) is 13.0 Å². The van der Waals surface area contributed by atoms with E-state index in [1.165, 1.54) is 28.8 Å². The lowest BCUT2D eigenvalue weighted by Gasteiger charge is -2.27. The molecule has 5 aromatic rings. The molecular weight excluding hydrogens is 512 g/mol. The molecule has 2 nitrogen and oxygen atoms in total. The summed E-state index contributed by atoms with van der Waals surface area (Å²) < 4.78 is 29.5. The maximum atomic E-state index is 15.3. The van der Waals surface area contributed by atoms with Crippen LogP contribution >= 0.6 is 7.14 Å². The molecule has 6 rings (SSSR count). The van der Waals surface area contributed by atoms with Crippen LogP contribution in [0.3, 0.4) is 0 Å². The topological polar surface area (TPSA) is 30.0 Å². The molecule has 0 N–H and O–H groups in total. The van der Waals surface area contributed by atoms with Crippen molar-refractivity contribution in [3.8, 4) is 22.4 Å². The van der Waals surface area contributed by atoms with Crippen molar-refractivity contribution in [3.63, 3.8) is 0 Å². The summed E-state index contributed by atoms with van der Waals surface area (Å²) in [7, 11) is -3.10. The molecule has 0 fully saturated rings. The van der Waals surface area contributed by atoms with Crippen LogP contribution in [-0.4, -0.2) is 4.98 Å². The second-order valence-electron chi connectivity index (χ2n) is 10.9. The van der Waals surface area contributed by atoms with E-state index in [9.17, 15) is 4.39 Å². The van der Waals surface area contributed by atoms with Crippen LogP contribution in [0.5, 0.6) is 0 Å². The van der Waals surface area contributed by atoms with Gasteiger partial charge in [0.15, 0.2) is 0 Å². The predicted molar refractivity (Wildman–Crippen MR) is 165 cm³/mol. The predicted octanol–water partition coefficient (Wildman–Crippen LogP) is 8.68. The molecule has 40 heavy (non-hydrogen) atoms. The number of hydrogen-bond donors (Lipinski definition) is 0. The van der Waals surface area contributed by atoms with Gasteiger partial charge in [-0.15, -0.1) is 0 Å². The third kappa shape index (κ3) is 4.84. The summed E-state index contributed by atoms with van der Waals surface area (Å²) in [6, 6.07) is 35.0. The van der Waals surface area contributed by atoms with Crippen LogP contribution in [0.1, 0.15) is 48.6 Å². The van der Waals surface area contributed by atoms with Gasteiger partial charge in [-0.1, -0.05) is 111 Å². The van der Waals surface area contributed by atoms with Crippen LogP contribution in [0, 0.1) is 5.82 Å². The van der Waals surface area contributed by atoms with E-state index >= 15 is 4.57 Å². The van der Waals surface area contributed by atoms with E-state index in [4.69, 9.17) is 4.98 Å². The van der Waals surface area contributed by atoms with E-state index in [1.807, 2.05) is 72.8 Å². The summed E-state index contributed by atoms with van der Waals surface area (Å²) in [5.41, 5.74) is 8.64. The molecule has 200 valence electrons. The standard InChI is InChI=1S/C36H33FNOP/c1-25(2)35-33(24-40(39,29-14-5-3-6-15-29)30-16-7-4-8-17-30)34(27-20-22-28(37)23-21-27)32-19-11-13-26-12-9-10-18-31(26)36(32)38-35/h3-10,12,14-18,20-23,25H,11,13,19,24H2,1-2H3. The van der Waals surface area contributed by atoms with Crippen molar-refractivity contribution < 1.29 is 8.96 Å². The molecule has 0 bridgehead atoms. The van der Waals surface area contributed by atoms with E-state index in [-0.39, 0.29) is 11.7 Å². The Labute approximate surface area is 236 Å². The van der Waals surface area contributed by atoms with Crippen molar-refractivity contribution in [1.82, 2.24) is 4.98 Å². The lowest BCUT2D eigenvalue weighted by atomic mass is 9.87. The zero-order valence-corrected chi connectivity index (χ0v) is 23.9. The molecule has 0 radical (unpaired) electrons. The van der Waals surface area contributed by atoms with Gasteiger partial charge in [0.25, 0.3) is 0 Å². The Hall–Kier alpha value is -3.81. The smallest absolute Gasteiger partial charge is 0.147 e. The number of aryl methyl sites for hydroxylation is 1. The zero-order chi connectivity index (χ0) is 27.7. The molecule has 0 atom stereocenters. The second kappa shape index (κ2) is 11.0. The summed E-state index contributed by atoms with van der Waals surface area (Å²) in [4.78, 5) is 5.39. The highest BCUT2D eigenvalue weighted by Crippen LogP contribution is 2.51. The van der Waals surface area contributed by atoms with Gasteiger partial charge in [0.2, 0.25) is 0 Å². The van der Waals surface area contributed by atoms with Gasteiger partial charge in [-0.25, -0.2) is 4.39 Å². The minimum absolute atomic E-state index is 0.106. The van der Waals surface area contributed by atoms with Crippen LogP contribution in [0.25, 0.3) is 22.4 Å². The largest absolute Gasteiger partial charge is 0.313 e. The lowest BCUT2D eigenvalue weighted by Crippen LogP contribution is -2.19. The molecular formula is C36H33FNOP. The highest BCUT2D eigenvalue weighted by molar-refractivity contribution is 7.78. The Kier molecular flexibility index (Phi) is 7.26. The maximum absolute atomic E-state index is 15.3. The third-order valence-electron chi connectivity index (χ3n) is 7.98. The number of hydrogen-bond acceptors (Lipinski definition) is 2. The molecule has 0 saturated carbocycles. The summed E-state index contributed by atoms with van der Waals surface area (Å²) >= 11 is 0. The first-order chi connectivity index (χ1) is 19.5. The van der Waals surface area contributed by atoms with Crippen LogP contribution < -0.4 is 10.6 Å². The van der Waals surface area contributed by atoms with Crippen molar-refractivity contribution in [3.05, 3.63) is 137 Å². The van der Waals surface area contributed by atoms with E-state index < -0.39 is 7.14 Å². The van der Waals surface area contributed by atoms with Crippen LogP contribution in [0.15, 0.2) is 109 Å². The normalized spacial score (nSPS) is 13.0. The maximum Gasteiger partial charge on any atom is 0.147 e. The third-order valence-corrected chi connectivity index (χ3v) is 11.0. The summed E-state index contributed by atoms with van der Waals surface area (Å²) in [6.07, 6.45) is 3.18. The van der Waals surface area contributed by atoms with Crippen molar-refractivity contribution >= 4 is 17.8 Å². The lowest BCUT2D eigenvalue weighted by molar-refractivity contribution is 0.586. The van der Waals surface area contributed by atoms with Gasteiger partial charge in [0, 0.05) is 28.0 Å². The molecule has 1 aromatic heterocycles. The number of fused-ring (bicyclic) bond motifs is 3. The molecule has 4 heteroatoms. The quantitative estimate of drug-likeness (QED) is 0.200. The van der Waals surface area contributed by atoms with Crippen LogP contribution in [0.2, 0.25) is 0 Å². The molecule has 0 aliphatic heterocycles. The Morgan fingerprint density at radius 1 is 0.775 bits per heavy atom. The molecule has 0 saturated heterocycles. The van der Waals surface area contributed by atoms with E-state index in [2.05, 4.69) is 38.1 Å². The average Bonchev–Trinajstić information content (AvgIpc) is 3.17. The highest BCUT2D eigenvalue weighted by atomic mass is 31.2. The minimum atomic E-state index is -3.10. The van der Waals surface area contributed by atoms with Crippen molar-refractivity contribution in [2.45, 2.75) is 45.2 Å². The molecule has 0 spiro atoms. The molecule has 0 amide bonds. The van der Waals surface area contributed by atoms with Gasteiger partial charge in [0.05, 0.1) is 5.69 Å². The first-order valence-electron chi connectivity index (χ1n) is 14.1. The highest BCUT2D eigenvalue weighted by Gasteiger charge is 2.33. The zero-order valence-electron chi connectivity index (χ0n) is 23.0. The number of aromatic nitrogens is 1. The number of nitrogens with zero attached hydrogens (tertiary/aromatic N) is 1. The second-order valence-corrected chi connectivity index (χ2v) is 13.7. The van der Waals surface area contributed by atoms with Crippen molar-refractivity contribution in [2.24, 2.45) is 0 Å². The number of rotatable bonds is 6. The van der Waals surface area contributed by atoms with E-state index in [0.29, 0.717) is 6.16 Å². The average molecular weight is 546 g/mol. The fourth-order valence-electron chi connectivity index (χ4n) is 6.07. The Bertz CT molecular complexity index is 1650. The van der Waals surface area contributed by atoms with Gasteiger partial charge < -0.3 is 4.57 Å². The molecule has 0 unspecified atom stereocenters. The number of halogens is 1. The summed E-state index contributed by atoms with van der Waals surface area (Å²) in [6.45, 7) is 4.32. The van der Waals surface area contributed by atoms with Crippen LogP contribution in [-0.2, 0) is 23.6 Å². The first-order valence-corrected chi connectivity index (χ1v) is 15.9. The fraction of sp³-hybridized carbons (Fsp3) is 0.194. The van der Waals surface area contributed by atoms with Gasteiger partial charge in [-0.05, 0) is 65.1 Å². The van der Waals surface area contributed by atoms with E-state index in [1.54, 1.807) is 0 Å². The van der Waals surface area contributed by atoms with Gasteiger partial charge in [-0.2, -0.15) is 0 Å². The molecule has 1 aliphatic rings.